The number of hydrogen-bond donors (Lipinski definition) is 0. The molecule has 0 aromatic rings. The maximum Gasteiger partial charge on any atom is 0.0444 e. The van der Waals surface area contributed by atoms with Gasteiger partial charge in [0.1, 0.15) is 0 Å². The lowest BCUT2D eigenvalue weighted by atomic mass is 10.4. The van der Waals surface area contributed by atoms with Crippen molar-refractivity contribution < 1.29 is 0 Å². The van der Waals surface area contributed by atoms with Gasteiger partial charge in [-0.2, -0.15) is 0 Å². The highest BCUT2D eigenvalue weighted by Gasteiger charge is 2.14. The minimum absolute atomic E-state index is 0.810. The van der Waals surface area contributed by atoms with Crippen LogP contribution in [0.2, 0.25) is 0 Å². The fourth-order valence-corrected chi connectivity index (χ4v) is 1.87. The van der Waals surface area contributed by atoms with Crippen molar-refractivity contribution in [1.82, 2.24) is 4.90 Å². The lowest BCUT2D eigenvalue weighted by Gasteiger charge is -2.10. The van der Waals surface area contributed by atoms with Crippen LogP contribution in [0.25, 0.3) is 0 Å². The summed E-state index contributed by atoms with van der Waals surface area (Å²) < 4.78 is 0. The van der Waals surface area contributed by atoms with Crippen molar-refractivity contribution in [1.29, 1.82) is 0 Å². The number of rotatable bonds is 0. The van der Waals surface area contributed by atoms with E-state index in [0.29, 0.717) is 0 Å². The summed E-state index contributed by atoms with van der Waals surface area (Å²) in [6, 6.07) is 0.810. The highest BCUT2D eigenvalue weighted by Crippen LogP contribution is 2.16. The smallest absolute Gasteiger partial charge is 0.0444 e. The molecule has 0 spiro atoms. The Labute approximate surface area is 62.8 Å². The Morgan fingerprint density at radius 1 is 1.44 bits per heavy atom. The molecule has 0 saturated carbocycles. The van der Waals surface area contributed by atoms with Crippen LogP contribution in [0, 0.1) is 0 Å². The lowest BCUT2D eigenvalue weighted by Crippen LogP contribution is -2.22. The lowest BCUT2D eigenvalue weighted by molar-refractivity contribution is 0.344. The normalized spacial score (nSPS) is 27.3. The van der Waals surface area contributed by atoms with Crippen molar-refractivity contribution in [2.24, 2.45) is 0 Å². The predicted octanol–water partition coefficient (Wildman–Crippen LogP) is 2.04. The van der Waals surface area contributed by atoms with Crippen LogP contribution in [0.3, 0.4) is 0 Å². The molecule has 1 unspecified atom stereocenters. The van der Waals surface area contributed by atoms with Gasteiger partial charge in [0.05, 0.1) is 0 Å². The van der Waals surface area contributed by atoms with Gasteiger partial charge in [-0.25, -0.2) is 0 Å². The molecule has 1 aliphatic heterocycles. The highest BCUT2D eigenvalue weighted by molar-refractivity contribution is 7.99. The van der Waals surface area contributed by atoms with Crippen LogP contribution in [0.1, 0.15) is 20.8 Å². The average Bonchev–Trinajstić information content (AvgIpc) is 2.23. The molecule has 1 saturated heterocycles. The fourth-order valence-electron chi connectivity index (χ4n) is 0.622. The first-order valence-corrected chi connectivity index (χ1v) is 4.74. The van der Waals surface area contributed by atoms with Crippen molar-refractivity contribution in [2.75, 3.05) is 18.7 Å². The molecule has 1 aliphatic rings. The van der Waals surface area contributed by atoms with Crippen molar-refractivity contribution >= 4 is 11.8 Å². The van der Waals surface area contributed by atoms with Crippen LogP contribution >= 0.6 is 11.8 Å². The molecule has 1 fully saturated rings. The standard InChI is InChI=1S/C5H11NS.C2H6/c1-5-3-7-4-6(5)2;1-2/h5H,3-4H2,1-2H3;1-2H3. The molecule has 1 rings (SSSR count). The molecule has 56 valence electrons. The van der Waals surface area contributed by atoms with Crippen LogP contribution in [0.5, 0.6) is 0 Å². The van der Waals surface area contributed by atoms with Crippen LogP contribution in [0.15, 0.2) is 0 Å². The van der Waals surface area contributed by atoms with E-state index in [1.54, 1.807) is 0 Å². The summed E-state index contributed by atoms with van der Waals surface area (Å²) in [6.07, 6.45) is 0. The Morgan fingerprint density at radius 2 is 2.00 bits per heavy atom. The van der Waals surface area contributed by atoms with E-state index in [0.717, 1.165) is 6.04 Å². The number of thioether (sulfide) groups is 1. The third kappa shape index (κ3) is 3.11. The fraction of sp³-hybridized carbons (Fsp3) is 1.00. The van der Waals surface area contributed by atoms with Gasteiger partial charge >= 0.3 is 0 Å². The molecule has 0 aromatic carbocycles. The summed E-state index contributed by atoms with van der Waals surface area (Å²) in [6.45, 7) is 6.26. The van der Waals surface area contributed by atoms with Gasteiger partial charge in [-0.05, 0) is 14.0 Å². The topological polar surface area (TPSA) is 3.24 Å². The Morgan fingerprint density at radius 3 is 2.11 bits per heavy atom. The minimum atomic E-state index is 0.810. The van der Waals surface area contributed by atoms with Gasteiger partial charge in [-0.15, -0.1) is 11.8 Å². The number of hydrogen-bond acceptors (Lipinski definition) is 2. The van der Waals surface area contributed by atoms with E-state index in [-0.39, 0.29) is 0 Å². The van der Waals surface area contributed by atoms with E-state index < -0.39 is 0 Å². The van der Waals surface area contributed by atoms with E-state index in [4.69, 9.17) is 0 Å². The van der Waals surface area contributed by atoms with Gasteiger partial charge < -0.3 is 0 Å². The molecular weight excluding hydrogens is 130 g/mol. The van der Waals surface area contributed by atoms with E-state index in [9.17, 15) is 0 Å². The zero-order valence-electron chi connectivity index (χ0n) is 6.85. The van der Waals surface area contributed by atoms with E-state index in [1.807, 2.05) is 25.6 Å². The summed E-state index contributed by atoms with van der Waals surface area (Å²) in [5.74, 6) is 2.54. The first kappa shape index (κ1) is 9.31. The van der Waals surface area contributed by atoms with E-state index in [2.05, 4.69) is 18.9 Å². The van der Waals surface area contributed by atoms with Crippen molar-refractivity contribution in [3.05, 3.63) is 0 Å². The Kier molecular flexibility index (Phi) is 5.30. The summed E-state index contributed by atoms with van der Waals surface area (Å²) >= 11 is 2.02. The summed E-state index contributed by atoms with van der Waals surface area (Å²) in [4.78, 5) is 2.37. The largest absolute Gasteiger partial charge is 0.294 e. The molecule has 0 N–H and O–H groups in total. The molecule has 1 atom stereocenters. The molecule has 0 radical (unpaired) electrons. The maximum absolute atomic E-state index is 2.37. The summed E-state index contributed by atoms with van der Waals surface area (Å²) in [5, 5.41) is 0. The van der Waals surface area contributed by atoms with E-state index in [1.165, 1.54) is 11.6 Å². The zero-order chi connectivity index (χ0) is 7.28. The molecule has 0 amide bonds. The van der Waals surface area contributed by atoms with Gasteiger partial charge in [0, 0.05) is 17.7 Å². The van der Waals surface area contributed by atoms with Gasteiger partial charge in [0.15, 0.2) is 0 Å². The van der Waals surface area contributed by atoms with Gasteiger partial charge in [-0.3, -0.25) is 4.90 Å². The summed E-state index contributed by atoms with van der Waals surface area (Å²) in [5.41, 5.74) is 0. The molecule has 0 aromatic heterocycles. The first-order chi connectivity index (χ1) is 4.30. The average molecular weight is 147 g/mol. The predicted molar refractivity (Wildman–Crippen MR) is 45.9 cm³/mol. The highest BCUT2D eigenvalue weighted by atomic mass is 32.2. The van der Waals surface area contributed by atoms with Crippen molar-refractivity contribution in [2.45, 2.75) is 26.8 Å². The monoisotopic (exact) mass is 147 g/mol. The third-order valence-electron chi connectivity index (χ3n) is 1.41. The maximum atomic E-state index is 2.37. The molecule has 0 bridgehead atoms. The Bertz CT molecular complexity index is 57.9. The number of nitrogens with zero attached hydrogens (tertiary/aromatic N) is 1. The quantitative estimate of drug-likeness (QED) is 0.516. The minimum Gasteiger partial charge on any atom is -0.294 e. The molecule has 0 aliphatic carbocycles. The second-order valence-corrected chi connectivity index (χ2v) is 3.11. The molecule has 1 heterocycles. The zero-order valence-corrected chi connectivity index (χ0v) is 7.66. The van der Waals surface area contributed by atoms with E-state index >= 15 is 0 Å². The summed E-state index contributed by atoms with van der Waals surface area (Å²) in [7, 11) is 2.17. The molecule has 2 heteroatoms. The first-order valence-electron chi connectivity index (χ1n) is 3.58. The van der Waals surface area contributed by atoms with Gasteiger partial charge in [0.25, 0.3) is 0 Å². The van der Waals surface area contributed by atoms with Crippen molar-refractivity contribution in [3.63, 3.8) is 0 Å². The SMILES string of the molecule is CC.CC1CSCN1C. The second kappa shape index (κ2) is 5.12. The third-order valence-corrected chi connectivity index (χ3v) is 2.71. The van der Waals surface area contributed by atoms with Crippen LogP contribution in [-0.4, -0.2) is 29.6 Å². The second-order valence-electron chi connectivity index (χ2n) is 2.11. The Hall–Kier alpha value is 0.310. The van der Waals surface area contributed by atoms with Crippen LogP contribution in [-0.2, 0) is 0 Å². The van der Waals surface area contributed by atoms with Crippen LogP contribution in [0.4, 0.5) is 0 Å². The van der Waals surface area contributed by atoms with Crippen LogP contribution < -0.4 is 0 Å². The van der Waals surface area contributed by atoms with Gasteiger partial charge in [0.2, 0.25) is 0 Å². The van der Waals surface area contributed by atoms with Gasteiger partial charge in [-0.1, -0.05) is 13.8 Å². The molecule has 1 nitrogen and oxygen atoms in total. The Balaban J connectivity index is 0.000000291. The van der Waals surface area contributed by atoms with Crippen molar-refractivity contribution in [3.8, 4) is 0 Å². The molecule has 9 heavy (non-hydrogen) atoms. The molecular formula is C7H17NS.